The first-order valence-electron chi connectivity index (χ1n) is 36.4. The second-order valence-corrected chi connectivity index (χ2v) is 27.8. The monoisotopic (exact) mass is 1180 g/mol. The summed E-state index contributed by atoms with van der Waals surface area (Å²) in [5.74, 6) is -0.183. The highest BCUT2D eigenvalue weighted by atomic mass is 31.2. The first-order chi connectivity index (χ1) is 40.0. The Hall–Kier alpha value is -1.28. The Morgan fingerprint density at radius 2 is 0.671 bits per heavy atom. The van der Waals surface area contributed by atoms with Crippen LogP contribution in [-0.4, -0.2) is 73.4 Å². The zero-order valence-corrected chi connectivity index (χ0v) is 56.7. The maximum absolute atomic E-state index is 13.1. The van der Waals surface area contributed by atoms with Crippen LogP contribution in [-0.2, 0) is 18.4 Å². The summed E-state index contributed by atoms with van der Waals surface area (Å²) in [7, 11) is 1.56. The Morgan fingerprint density at radius 3 is 0.976 bits per heavy atom. The fraction of sp³-hybridized carbons (Fsp3) is 0.904. The van der Waals surface area contributed by atoms with E-state index in [0.29, 0.717) is 17.4 Å². The Balaban J connectivity index is 4.08. The lowest BCUT2D eigenvalue weighted by molar-refractivity contribution is -0.870. The van der Waals surface area contributed by atoms with Crippen LogP contribution in [0.4, 0.5) is 0 Å². The van der Waals surface area contributed by atoms with E-state index in [1.807, 2.05) is 27.2 Å². The van der Waals surface area contributed by atoms with Gasteiger partial charge in [-0.15, -0.1) is 0 Å². The normalized spacial score (nSPS) is 13.8. The highest BCUT2D eigenvalue weighted by Crippen LogP contribution is 2.43. The molecule has 0 aromatic carbocycles. The van der Waals surface area contributed by atoms with E-state index in [1.165, 1.54) is 308 Å². The van der Waals surface area contributed by atoms with Crippen molar-refractivity contribution in [1.29, 1.82) is 0 Å². The van der Waals surface area contributed by atoms with Crippen molar-refractivity contribution in [3.8, 4) is 0 Å². The molecular weight excluding hydrogens is 1030 g/mol. The molecule has 3 N–H and O–H groups in total. The number of rotatable bonds is 68. The Morgan fingerprint density at radius 1 is 0.402 bits per heavy atom. The third kappa shape index (κ3) is 66.2. The number of amides is 1. The van der Waals surface area contributed by atoms with Gasteiger partial charge in [0.1, 0.15) is 13.2 Å². The largest absolute Gasteiger partial charge is 0.472 e. The number of nitrogens with one attached hydrogen (secondary N) is 1. The Labute approximate surface area is 512 Å². The summed E-state index contributed by atoms with van der Waals surface area (Å²) < 4.78 is 23.8. The lowest BCUT2D eigenvalue weighted by Gasteiger charge is -2.25. The van der Waals surface area contributed by atoms with Gasteiger partial charge in [0, 0.05) is 6.42 Å². The molecule has 0 aromatic heterocycles. The van der Waals surface area contributed by atoms with Crippen LogP contribution in [0.2, 0.25) is 0 Å². The van der Waals surface area contributed by atoms with Crippen LogP contribution in [0.5, 0.6) is 0 Å². The van der Waals surface area contributed by atoms with E-state index in [-0.39, 0.29) is 19.1 Å². The molecular formula is C73H144N2O6P+. The number of phosphoric acid groups is 1. The number of quaternary nitrogens is 1. The average molecular weight is 1180 g/mol. The molecule has 0 aliphatic carbocycles. The number of carbonyl (C=O) groups excluding carboxylic acids is 1. The second-order valence-electron chi connectivity index (χ2n) is 26.3. The smallest absolute Gasteiger partial charge is 0.387 e. The van der Waals surface area contributed by atoms with Gasteiger partial charge >= 0.3 is 7.82 Å². The van der Waals surface area contributed by atoms with Crippen LogP contribution in [0, 0.1) is 0 Å². The molecule has 8 nitrogen and oxygen atoms in total. The van der Waals surface area contributed by atoms with Crippen LogP contribution in [0.15, 0.2) is 36.5 Å². The van der Waals surface area contributed by atoms with Gasteiger partial charge in [-0.2, -0.15) is 0 Å². The summed E-state index contributed by atoms with van der Waals surface area (Å²) in [6.07, 6.45) is 86.1. The molecule has 0 rings (SSSR count). The van der Waals surface area contributed by atoms with Gasteiger partial charge in [-0.25, -0.2) is 4.57 Å². The number of allylic oxidation sites excluding steroid dienone is 5. The van der Waals surface area contributed by atoms with Gasteiger partial charge in [0.2, 0.25) is 5.91 Å². The predicted molar refractivity (Wildman–Crippen MR) is 360 cm³/mol. The van der Waals surface area contributed by atoms with E-state index in [4.69, 9.17) is 9.05 Å². The highest BCUT2D eigenvalue weighted by molar-refractivity contribution is 7.47. The first kappa shape index (κ1) is 80.7. The summed E-state index contributed by atoms with van der Waals surface area (Å²) in [6.45, 7) is 4.85. The van der Waals surface area contributed by atoms with Crippen LogP contribution < -0.4 is 5.32 Å². The molecule has 0 spiro atoms. The van der Waals surface area contributed by atoms with Gasteiger partial charge in [0.15, 0.2) is 0 Å². The quantitative estimate of drug-likeness (QED) is 0.0243. The number of hydrogen-bond donors (Lipinski definition) is 3. The summed E-state index contributed by atoms with van der Waals surface area (Å²) in [5, 5.41) is 14.0. The lowest BCUT2D eigenvalue weighted by Crippen LogP contribution is -2.45. The molecule has 0 saturated heterocycles. The van der Waals surface area contributed by atoms with E-state index in [2.05, 4.69) is 43.5 Å². The molecule has 3 unspecified atom stereocenters. The number of unbranched alkanes of at least 4 members (excludes halogenated alkanes) is 51. The second kappa shape index (κ2) is 64.2. The SMILES string of the molecule is CCCCCCCCCCCCCCCCCCCCCCCC/C=C/CC/C=C/CC/C=C/C(O)C(COP(=O)(O)OCC[N+](C)(C)C)NC(=O)CCCCCCCCCCCCCCCCCCCCCCCCCCCCCC. The number of aliphatic hydroxyl groups excluding tert-OH is 1. The van der Waals surface area contributed by atoms with E-state index in [1.54, 1.807) is 6.08 Å². The van der Waals surface area contributed by atoms with Crippen molar-refractivity contribution in [2.24, 2.45) is 0 Å². The van der Waals surface area contributed by atoms with Gasteiger partial charge < -0.3 is 19.8 Å². The van der Waals surface area contributed by atoms with Gasteiger partial charge in [0.05, 0.1) is 39.9 Å². The maximum Gasteiger partial charge on any atom is 0.472 e. The minimum Gasteiger partial charge on any atom is -0.387 e. The van der Waals surface area contributed by atoms with Crippen molar-refractivity contribution in [1.82, 2.24) is 5.32 Å². The van der Waals surface area contributed by atoms with Gasteiger partial charge in [0.25, 0.3) is 0 Å². The van der Waals surface area contributed by atoms with Crippen LogP contribution in [0.25, 0.3) is 0 Å². The van der Waals surface area contributed by atoms with Crippen molar-refractivity contribution < 1.29 is 32.9 Å². The van der Waals surface area contributed by atoms with Gasteiger partial charge in [-0.05, 0) is 44.9 Å². The Bertz CT molecular complexity index is 1430. The molecule has 486 valence electrons. The molecule has 1 amide bonds. The molecule has 3 atom stereocenters. The molecule has 0 aliphatic rings. The van der Waals surface area contributed by atoms with Crippen molar-refractivity contribution in [2.45, 2.75) is 386 Å². The molecule has 0 aliphatic heterocycles. The van der Waals surface area contributed by atoms with E-state index < -0.39 is 20.0 Å². The number of nitrogens with zero attached hydrogens (tertiary/aromatic N) is 1. The molecule has 0 radical (unpaired) electrons. The summed E-state index contributed by atoms with van der Waals surface area (Å²) in [6, 6.07) is -0.870. The van der Waals surface area contributed by atoms with Crippen LogP contribution in [0.1, 0.15) is 373 Å². The van der Waals surface area contributed by atoms with Gasteiger partial charge in [-0.1, -0.05) is 359 Å². The van der Waals surface area contributed by atoms with Crippen LogP contribution in [0.3, 0.4) is 0 Å². The van der Waals surface area contributed by atoms with Crippen molar-refractivity contribution >= 4 is 13.7 Å². The maximum atomic E-state index is 13.1. The molecule has 0 fully saturated rings. The summed E-state index contributed by atoms with van der Waals surface area (Å²) in [4.78, 5) is 23.4. The summed E-state index contributed by atoms with van der Waals surface area (Å²) in [5.41, 5.74) is 0. The molecule has 0 aromatic rings. The number of carbonyl (C=O) groups is 1. The standard InChI is InChI=1S/C73H143N2O6P/c1-6-8-10-12-14-16-18-20-22-24-26-28-30-32-34-36-37-38-39-40-42-44-46-48-50-52-54-56-58-60-62-64-66-72(76)71(70-81-82(78,79)80-69-68-75(3,4)5)74-73(77)67-65-63-61-59-57-55-53-51-49-47-45-43-41-35-33-31-29-27-25-23-21-19-17-15-13-11-9-7-2/h48,50,56,58,64,66,71-72,76H,6-47,49,51-55,57,59-63,65,67-70H2,1-5H3,(H-,74,77,78,79)/p+1/b50-48+,58-56+,66-64+. The zero-order chi connectivity index (χ0) is 59.8. The predicted octanol–water partition coefficient (Wildman–Crippen LogP) is 23.2. The van der Waals surface area contributed by atoms with Gasteiger partial charge in [-0.3, -0.25) is 13.8 Å². The highest BCUT2D eigenvalue weighted by Gasteiger charge is 2.28. The molecule has 82 heavy (non-hydrogen) atoms. The van der Waals surface area contributed by atoms with Crippen LogP contribution >= 0.6 is 7.82 Å². The van der Waals surface area contributed by atoms with Crippen molar-refractivity contribution in [3.05, 3.63) is 36.5 Å². The van der Waals surface area contributed by atoms with E-state index >= 15 is 0 Å². The zero-order valence-electron chi connectivity index (χ0n) is 55.8. The molecule has 9 heteroatoms. The molecule has 0 bridgehead atoms. The van der Waals surface area contributed by atoms with Crippen molar-refractivity contribution in [2.75, 3.05) is 40.9 Å². The number of hydrogen-bond acceptors (Lipinski definition) is 5. The number of phosphoric ester groups is 1. The van der Waals surface area contributed by atoms with E-state index in [9.17, 15) is 19.4 Å². The third-order valence-electron chi connectivity index (χ3n) is 16.8. The minimum absolute atomic E-state index is 0.0555. The third-order valence-corrected chi connectivity index (χ3v) is 17.8. The molecule has 0 saturated carbocycles. The average Bonchev–Trinajstić information content (AvgIpc) is 3.47. The number of likely N-dealkylation sites (N-methyl/N-ethyl adjacent to an activating group) is 1. The fourth-order valence-electron chi connectivity index (χ4n) is 11.2. The minimum atomic E-state index is -4.37. The topological polar surface area (TPSA) is 105 Å². The molecule has 0 heterocycles. The summed E-state index contributed by atoms with van der Waals surface area (Å²) >= 11 is 0. The first-order valence-corrected chi connectivity index (χ1v) is 37.9. The fourth-order valence-corrected chi connectivity index (χ4v) is 11.9. The van der Waals surface area contributed by atoms with Crippen molar-refractivity contribution in [3.63, 3.8) is 0 Å². The van der Waals surface area contributed by atoms with E-state index in [0.717, 1.165) is 44.9 Å². The lowest BCUT2D eigenvalue weighted by atomic mass is 10.0. The number of aliphatic hydroxyl groups is 1. The Kier molecular flexibility index (Phi) is 63.2.